The molecule has 4 rings (SSSR count). The summed E-state index contributed by atoms with van der Waals surface area (Å²) in [5, 5.41) is 6.53. The van der Waals surface area contributed by atoms with Crippen molar-refractivity contribution in [3.05, 3.63) is 65.4 Å². The maximum atomic E-state index is 13.7. The summed E-state index contributed by atoms with van der Waals surface area (Å²) >= 11 is 5.80. The fraction of sp³-hybridized carbons (Fsp3) is 0.238. The standard InChI is InChI=1S/C21H18ClF3N4O3/c22-14-1-5-17(6-2-14)29-19(21(23,24)25)18(13-26-29)32-20(30)27-15-3-7-16(8-4-15)28-9-11-31-12-10-28/h1-8,13H,9-12H2,(H,27,30). The van der Waals surface area contributed by atoms with Gasteiger partial charge >= 0.3 is 12.3 Å². The molecule has 11 heteroatoms. The molecule has 1 aliphatic rings. The van der Waals surface area contributed by atoms with Gasteiger partial charge in [0.05, 0.1) is 25.1 Å². The van der Waals surface area contributed by atoms with Gasteiger partial charge in [-0.1, -0.05) is 11.6 Å². The molecule has 1 fully saturated rings. The second-order valence-electron chi connectivity index (χ2n) is 6.90. The molecule has 7 nitrogen and oxygen atoms in total. The number of nitrogens with zero attached hydrogens (tertiary/aromatic N) is 3. The first kappa shape index (κ1) is 22.0. The summed E-state index contributed by atoms with van der Waals surface area (Å²) in [5.74, 6) is -0.713. The van der Waals surface area contributed by atoms with Crippen LogP contribution in [0.5, 0.6) is 5.75 Å². The average Bonchev–Trinajstić information content (AvgIpc) is 3.19. The van der Waals surface area contributed by atoms with E-state index < -0.39 is 23.7 Å². The Kier molecular flexibility index (Phi) is 6.24. The fourth-order valence-corrected chi connectivity index (χ4v) is 3.39. The third-order valence-electron chi connectivity index (χ3n) is 4.77. The van der Waals surface area contributed by atoms with E-state index in [4.69, 9.17) is 21.1 Å². The van der Waals surface area contributed by atoms with Crippen LogP contribution in [0.25, 0.3) is 5.69 Å². The fourth-order valence-electron chi connectivity index (χ4n) is 3.27. The second kappa shape index (κ2) is 9.09. The minimum Gasteiger partial charge on any atom is -0.406 e. The Morgan fingerprint density at radius 1 is 1.03 bits per heavy atom. The number of carbonyl (C=O) groups is 1. The first-order valence-corrected chi connectivity index (χ1v) is 10.0. The number of rotatable bonds is 4. The molecule has 2 heterocycles. The number of amides is 1. The maximum absolute atomic E-state index is 13.7. The zero-order valence-electron chi connectivity index (χ0n) is 16.6. The first-order chi connectivity index (χ1) is 15.3. The average molecular weight is 467 g/mol. The van der Waals surface area contributed by atoms with Gasteiger partial charge in [0.1, 0.15) is 0 Å². The molecule has 0 bridgehead atoms. The molecule has 1 saturated heterocycles. The van der Waals surface area contributed by atoms with Crippen LogP contribution in [0.1, 0.15) is 5.69 Å². The predicted octanol–water partition coefficient (Wildman–Crippen LogP) is 4.99. The Balaban J connectivity index is 1.49. The summed E-state index contributed by atoms with van der Waals surface area (Å²) < 4.78 is 52.0. The van der Waals surface area contributed by atoms with Crippen LogP contribution >= 0.6 is 11.6 Å². The van der Waals surface area contributed by atoms with Crippen molar-refractivity contribution in [1.29, 1.82) is 0 Å². The van der Waals surface area contributed by atoms with Crippen molar-refractivity contribution in [2.24, 2.45) is 0 Å². The van der Waals surface area contributed by atoms with Gasteiger partial charge in [-0.3, -0.25) is 5.32 Å². The van der Waals surface area contributed by atoms with Crippen LogP contribution in [0.3, 0.4) is 0 Å². The molecule has 1 N–H and O–H groups in total. The van der Waals surface area contributed by atoms with Crippen LogP contribution < -0.4 is 15.0 Å². The number of anilines is 2. The van der Waals surface area contributed by atoms with Gasteiger partial charge in [0.15, 0.2) is 11.4 Å². The summed E-state index contributed by atoms with van der Waals surface area (Å²) in [6.07, 6.45) is -5.03. The van der Waals surface area contributed by atoms with Crippen molar-refractivity contribution in [2.75, 3.05) is 36.5 Å². The quantitative estimate of drug-likeness (QED) is 0.586. The summed E-state index contributed by atoms with van der Waals surface area (Å²) in [6.45, 7) is 2.79. The summed E-state index contributed by atoms with van der Waals surface area (Å²) in [5.41, 5.74) is 0.245. The molecule has 2 aromatic carbocycles. The van der Waals surface area contributed by atoms with E-state index in [2.05, 4.69) is 15.3 Å². The van der Waals surface area contributed by atoms with E-state index in [0.29, 0.717) is 28.6 Å². The van der Waals surface area contributed by atoms with Crippen molar-refractivity contribution in [3.8, 4) is 11.4 Å². The molecule has 0 atom stereocenters. The number of morpholine rings is 1. The highest BCUT2D eigenvalue weighted by atomic mass is 35.5. The van der Waals surface area contributed by atoms with Gasteiger partial charge in [-0.15, -0.1) is 0 Å². The third-order valence-corrected chi connectivity index (χ3v) is 5.02. The van der Waals surface area contributed by atoms with Gasteiger partial charge in [0, 0.05) is 29.5 Å². The smallest absolute Gasteiger partial charge is 0.406 e. The number of nitrogens with one attached hydrogen (secondary N) is 1. The maximum Gasteiger partial charge on any atom is 0.437 e. The normalized spacial score (nSPS) is 14.3. The summed E-state index contributed by atoms with van der Waals surface area (Å²) in [6, 6.07) is 12.5. The Hall–Kier alpha value is -3.24. The van der Waals surface area contributed by atoms with Gasteiger partial charge in [-0.05, 0) is 48.5 Å². The van der Waals surface area contributed by atoms with Gasteiger partial charge in [0.2, 0.25) is 0 Å². The Morgan fingerprint density at radius 3 is 2.28 bits per heavy atom. The van der Waals surface area contributed by atoms with E-state index in [1.165, 1.54) is 24.3 Å². The highest BCUT2D eigenvalue weighted by Crippen LogP contribution is 2.38. The molecule has 1 aliphatic heterocycles. The van der Waals surface area contributed by atoms with Crippen LogP contribution in [-0.4, -0.2) is 42.2 Å². The molecule has 1 aromatic heterocycles. The SMILES string of the molecule is O=C(Nc1ccc(N2CCOCC2)cc1)Oc1cnn(-c2ccc(Cl)cc2)c1C(F)(F)F. The molecule has 0 unspecified atom stereocenters. The van der Waals surface area contributed by atoms with Crippen LogP contribution in [0, 0.1) is 0 Å². The van der Waals surface area contributed by atoms with E-state index in [-0.39, 0.29) is 5.69 Å². The van der Waals surface area contributed by atoms with E-state index in [1.807, 2.05) is 0 Å². The van der Waals surface area contributed by atoms with Crippen molar-refractivity contribution in [1.82, 2.24) is 9.78 Å². The van der Waals surface area contributed by atoms with Gasteiger partial charge in [-0.25, -0.2) is 9.48 Å². The van der Waals surface area contributed by atoms with Crippen LogP contribution in [0.15, 0.2) is 54.7 Å². The molecular formula is C21H18ClF3N4O3. The monoisotopic (exact) mass is 466 g/mol. The van der Waals surface area contributed by atoms with E-state index >= 15 is 0 Å². The number of benzene rings is 2. The number of alkyl halides is 3. The molecular weight excluding hydrogens is 449 g/mol. The van der Waals surface area contributed by atoms with Crippen LogP contribution in [0.4, 0.5) is 29.3 Å². The number of carbonyl (C=O) groups excluding carboxylic acids is 1. The Bertz CT molecular complexity index is 1080. The highest BCUT2D eigenvalue weighted by molar-refractivity contribution is 6.30. The van der Waals surface area contributed by atoms with Gasteiger partial charge < -0.3 is 14.4 Å². The van der Waals surface area contributed by atoms with Crippen molar-refractivity contribution >= 4 is 29.1 Å². The third kappa shape index (κ3) is 4.97. The molecule has 168 valence electrons. The predicted molar refractivity (Wildman–Crippen MR) is 113 cm³/mol. The van der Waals surface area contributed by atoms with E-state index in [9.17, 15) is 18.0 Å². The number of aromatic nitrogens is 2. The second-order valence-corrected chi connectivity index (χ2v) is 7.34. The molecule has 0 saturated carbocycles. The summed E-state index contributed by atoms with van der Waals surface area (Å²) in [4.78, 5) is 14.4. The molecule has 0 spiro atoms. The van der Waals surface area contributed by atoms with Crippen LogP contribution in [0.2, 0.25) is 5.02 Å². The zero-order chi connectivity index (χ0) is 22.7. The molecule has 0 radical (unpaired) electrons. The number of hydrogen-bond acceptors (Lipinski definition) is 5. The molecule has 32 heavy (non-hydrogen) atoms. The lowest BCUT2D eigenvalue weighted by molar-refractivity contribution is -0.143. The molecule has 0 aliphatic carbocycles. The van der Waals surface area contributed by atoms with Crippen LogP contribution in [-0.2, 0) is 10.9 Å². The Labute approximate surface area is 186 Å². The molecule has 1 amide bonds. The largest absolute Gasteiger partial charge is 0.437 e. The minimum absolute atomic E-state index is 0.121. The zero-order valence-corrected chi connectivity index (χ0v) is 17.4. The topological polar surface area (TPSA) is 68.6 Å². The lowest BCUT2D eigenvalue weighted by Crippen LogP contribution is -2.36. The minimum atomic E-state index is -4.81. The number of hydrogen-bond donors (Lipinski definition) is 1. The number of ether oxygens (including phenoxy) is 2. The Morgan fingerprint density at radius 2 is 1.66 bits per heavy atom. The van der Waals surface area contributed by atoms with E-state index in [1.54, 1.807) is 24.3 Å². The summed E-state index contributed by atoms with van der Waals surface area (Å²) in [7, 11) is 0. The van der Waals surface area contributed by atoms with Crippen molar-refractivity contribution in [2.45, 2.75) is 6.18 Å². The van der Waals surface area contributed by atoms with Gasteiger partial charge in [-0.2, -0.15) is 18.3 Å². The van der Waals surface area contributed by atoms with Crippen molar-refractivity contribution < 1.29 is 27.4 Å². The lowest BCUT2D eigenvalue weighted by atomic mass is 10.2. The van der Waals surface area contributed by atoms with Gasteiger partial charge in [0.25, 0.3) is 0 Å². The van der Waals surface area contributed by atoms with Crippen molar-refractivity contribution in [3.63, 3.8) is 0 Å². The van der Waals surface area contributed by atoms with E-state index in [0.717, 1.165) is 25.0 Å². The first-order valence-electron chi connectivity index (χ1n) is 9.64. The highest BCUT2D eigenvalue weighted by Gasteiger charge is 2.40. The number of halogens is 4. The lowest BCUT2D eigenvalue weighted by Gasteiger charge is -2.28. The molecule has 3 aromatic rings.